The molecule has 1 aromatic rings. The SMILES string of the molecule is COC(Nc1nc(NC(OC)C(OC)OC)nc(NC(OC)C(OC)OC)n1)C(OC)OC. The van der Waals surface area contributed by atoms with Crippen molar-refractivity contribution in [2.45, 2.75) is 37.6 Å². The van der Waals surface area contributed by atoms with E-state index >= 15 is 0 Å². The summed E-state index contributed by atoms with van der Waals surface area (Å²) >= 11 is 0. The number of nitrogens with one attached hydrogen (secondary N) is 3. The van der Waals surface area contributed by atoms with E-state index in [1.54, 1.807) is 0 Å². The summed E-state index contributed by atoms with van der Waals surface area (Å²) in [6.07, 6.45) is -4.44. The molecule has 0 spiro atoms. The summed E-state index contributed by atoms with van der Waals surface area (Å²) in [6, 6.07) is 0. The summed E-state index contributed by atoms with van der Waals surface area (Å²) < 4.78 is 47.7. The Hall–Kier alpha value is -1.95. The zero-order valence-corrected chi connectivity index (χ0v) is 20.5. The van der Waals surface area contributed by atoms with Gasteiger partial charge in [-0.3, -0.25) is 0 Å². The highest BCUT2D eigenvalue weighted by Crippen LogP contribution is 2.17. The summed E-state index contributed by atoms with van der Waals surface area (Å²) in [6.45, 7) is 0. The van der Waals surface area contributed by atoms with E-state index in [0.717, 1.165) is 0 Å². The average molecular weight is 481 g/mol. The highest BCUT2D eigenvalue weighted by atomic mass is 16.7. The van der Waals surface area contributed by atoms with Crippen LogP contribution in [0.1, 0.15) is 0 Å². The predicted molar refractivity (Wildman–Crippen MR) is 117 cm³/mol. The Morgan fingerprint density at radius 3 is 0.758 bits per heavy atom. The van der Waals surface area contributed by atoms with Crippen molar-refractivity contribution < 1.29 is 42.6 Å². The van der Waals surface area contributed by atoms with Crippen LogP contribution in [-0.4, -0.2) is 116 Å². The lowest BCUT2D eigenvalue weighted by Crippen LogP contribution is -2.41. The van der Waals surface area contributed by atoms with Gasteiger partial charge in [0, 0.05) is 64.0 Å². The highest BCUT2D eigenvalue weighted by molar-refractivity contribution is 5.43. The first-order chi connectivity index (χ1) is 15.9. The molecule has 1 aromatic heterocycles. The van der Waals surface area contributed by atoms with Crippen molar-refractivity contribution >= 4 is 17.8 Å². The van der Waals surface area contributed by atoms with Gasteiger partial charge < -0.3 is 58.6 Å². The van der Waals surface area contributed by atoms with Crippen LogP contribution in [0.4, 0.5) is 17.8 Å². The van der Waals surface area contributed by atoms with E-state index in [2.05, 4.69) is 30.9 Å². The first kappa shape index (κ1) is 29.1. The number of hydrogen-bond donors (Lipinski definition) is 3. The minimum absolute atomic E-state index is 0.128. The van der Waals surface area contributed by atoms with Gasteiger partial charge in [-0.25, -0.2) is 0 Å². The highest BCUT2D eigenvalue weighted by Gasteiger charge is 2.26. The van der Waals surface area contributed by atoms with Gasteiger partial charge in [-0.2, -0.15) is 15.0 Å². The molecular formula is C18H36N6O9. The van der Waals surface area contributed by atoms with Crippen molar-refractivity contribution in [2.24, 2.45) is 0 Å². The lowest BCUT2D eigenvalue weighted by molar-refractivity contribution is -0.164. The van der Waals surface area contributed by atoms with Gasteiger partial charge in [0.15, 0.2) is 18.7 Å². The molecule has 3 unspecified atom stereocenters. The van der Waals surface area contributed by atoms with Gasteiger partial charge in [-0.1, -0.05) is 0 Å². The quantitative estimate of drug-likeness (QED) is 0.239. The molecule has 3 N–H and O–H groups in total. The van der Waals surface area contributed by atoms with E-state index < -0.39 is 37.6 Å². The van der Waals surface area contributed by atoms with Gasteiger partial charge in [0.2, 0.25) is 36.7 Å². The molecule has 33 heavy (non-hydrogen) atoms. The van der Waals surface area contributed by atoms with Gasteiger partial charge in [-0.15, -0.1) is 0 Å². The number of hydrogen-bond acceptors (Lipinski definition) is 15. The van der Waals surface area contributed by atoms with Crippen LogP contribution in [-0.2, 0) is 42.6 Å². The van der Waals surface area contributed by atoms with Crippen molar-refractivity contribution in [3.8, 4) is 0 Å². The number of aromatic nitrogens is 3. The van der Waals surface area contributed by atoms with E-state index in [9.17, 15) is 0 Å². The van der Waals surface area contributed by atoms with Crippen molar-refractivity contribution in [2.75, 3.05) is 79.9 Å². The minimum Gasteiger partial charge on any atom is -0.356 e. The molecule has 192 valence electrons. The smallest absolute Gasteiger partial charge is 0.231 e. The van der Waals surface area contributed by atoms with Crippen molar-refractivity contribution in [3.05, 3.63) is 0 Å². The van der Waals surface area contributed by atoms with Crippen molar-refractivity contribution in [1.82, 2.24) is 15.0 Å². The number of rotatable bonds is 18. The Morgan fingerprint density at radius 1 is 0.394 bits per heavy atom. The molecule has 0 saturated carbocycles. The minimum atomic E-state index is -0.740. The summed E-state index contributed by atoms with van der Waals surface area (Å²) in [5.74, 6) is 0.385. The third-order valence-electron chi connectivity index (χ3n) is 4.35. The maximum absolute atomic E-state index is 5.40. The Morgan fingerprint density at radius 2 is 0.606 bits per heavy atom. The zero-order chi connectivity index (χ0) is 24.8. The Bertz CT molecular complexity index is 552. The predicted octanol–water partition coefficient (Wildman–Crippen LogP) is -0.118. The Kier molecular flexibility index (Phi) is 13.9. The molecule has 0 aliphatic carbocycles. The number of methoxy groups -OCH3 is 9. The van der Waals surface area contributed by atoms with Gasteiger partial charge >= 0.3 is 0 Å². The maximum Gasteiger partial charge on any atom is 0.231 e. The van der Waals surface area contributed by atoms with E-state index in [1.165, 1.54) is 64.0 Å². The van der Waals surface area contributed by atoms with Crippen LogP contribution in [0.2, 0.25) is 0 Å². The molecule has 0 bridgehead atoms. The second kappa shape index (κ2) is 15.8. The van der Waals surface area contributed by atoms with Crippen LogP contribution >= 0.6 is 0 Å². The molecule has 0 radical (unpaired) electrons. The first-order valence-electron chi connectivity index (χ1n) is 9.75. The first-order valence-corrected chi connectivity index (χ1v) is 9.75. The van der Waals surface area contributed by atoms with Crippen LogP contribution in [0.25, 0.3) is 0 Å². The standard InChI is InChI=1S/C18H36N6O9/c1-25-10(13(28-4)29-5)19-16-22-17(20-11(26-2)14(30-6)31-7)24-18(23-16)21-12(27-3)15(32-8)33-9/h10-15H,1-9H3,(H3,19,20,21,22,23,24). The van der Waals surface area contributed by atoms with Crippen molar-refractivity contribution in [3.63, 3.8) is 0 Å². The second-order valence-electron chi connectivity index (χ2n) is 6.23. The molecule has 1 heterocycles. The molecule has 3 atom stereocenters. The maximum atomic E-state index is 5.40. The summed E-state index contributed by atoms with van der Waals surface area (Å²) in [5, 5.41) is 8.96. The molecule has 0 aromatic carbocycles. The second-order valence-corrected chi connectivity index (χ2v) is 6.23. The lowest BCUT2D eigenvalue weighted by atomic mass is 10.5. The third kappa shape index (κ3) is 8.73. The summed E-state index contributed by atoms with van der Waals surface area (Å²) in [7, 11) is 13.3. The third-order valence-corrected chi connectivity index (χ3v) is 4.35. The molecule has 1 rings (SSSR count). The monoisotopic (exact) mass is 480 g/mol. The average Bonchev–Trinajstić information content (AvgIpc) is 2.83. The molecule has 15 nitrogen and oxygen atoms in total. The number of nitrogens with zero attached hydrogens (tertiary/aromatic N) is 3. The molecule has 0 fully saturated rings. The van der Waals surface area contributed by atoms with E-state index in [-0.39, 0.29) is 17.8 Å². The van der Waals surface area contributed by atoms with Gasteiger partial charge in [0.1, 0.15) is 0 Å². The summed E-state index contributed by atoms with van der Waals surface area (Å²) in [5.41, 5.74) is 0. The molecular weight excluding hydrogens is 444 g/mol. The van der Waals surface area contributed by atoms with E-state index in [0.29, 0.717) is 0 Å². The Balaban J connectivity index is 3.31. The lowest BCUT2D eigenvalue weighted by Gasteiger charge is -2.27. The molecule has 0 saturated heterocycles. The fourth-order valence-electron chi connectivity index (χ4n) is 2.70. The van der Waals surface area contributed by atoms with Crippen LogP contribution in [0.15, 0.2) is 0 Å². The van der Waals surface area contributed by atoms with Gasteiger partial charge in [0.05, 0.1) is 0 Å². The van der Waals surface area contributed by atoms with Gasteiger partial charge in [-0.05, 0) is 0 Å². The van der Waals surface area contributed by atoms with Crippen LogP contribution in [0.3, 0.4) is 0 Å². The Labute approximate surface area is 193 Å². The van der Waals surface area contributed by atoms with E-state index in [4.69, 9.17) is 42.6 Å². The normalized spacial score (nSPS) is 14.5. The van der Waals surface area contributed by atoms with Crippen LogP contribution < -0.4 is 16.0 Å². The number of anilines is 3. The number of ether oxygens (including phenoxy) is 9. The van der Waals surface area contributed by atoms with Crippen LogP contribution in [0, 0.1) is 0 Å². The zero-order valence-electron chi connectivity index (χ0n) is 20.5. The fourth-order valence-corrected chi connectivity index (χ4v) is 2.70. The van der Waals surface area contributed by atoms with E-state index in [1.807, 2.05) is 0 Å². The molecule has 0 aliphatic heterocycles. The van der Waals surface area contributed by atoms with Crippen molar-refractivity contribution in [1.29, 1.82) is 0 Å². The van der Waals surface area contributed by atoms with Gasteiger partial charge in [0.25, 0.3) is 0 Å². The fraction of sp³-hybridized carbons (Fsp3) is 0.833. The summed E-state index contributed by atoms with van der Waals surface area (Å²) in [4.78, 5) is 13.1. The largest absolute Gasteiger partial charge is 0.356 e. The molecule has 0 amide bonds. The molecule has 15 heteroatoms. The molecule has 0 aliphatic rings. The van der Waals surface area contributed by atoms with Crippen LogP contribution in [0.5, 0.6) is 0 Å². The topological polar surface area (TPSA) is 158 Å².